The molecule has 84 valence electrons. The fourth-order valence-electron chi connectivity index (χ4n) is 1.95. The third-order valence-corrected chi connectivity index (χ3v) is 5.80. The van der Waals surface area contributed by atoms with Crippen LogP contribution in [0.25, 0.3) is 11.1 Å². The molecule has 0 spiro atoms. The maximum atomic E-state index is 6.46. The first kappa shape index (κ1) is 12.0. The second-order valence-corrected chi connectivity index (χ2v) is 10.7. The van der Waals surface area contributed by atoms with Gasteiger partial charge in [-0.3, -0.25) is 0 Å². The molecule has 2 rings (SSSR count). The van der Waals surface area contributed by atoms with Crippen LogP contribution in [0.2, 0.25) is 29.7 Å². The second kappa shape index (κ2) is 4.06. The first-order chi connectivity index (χ1) is 7.43. The second-order valence-electron chi connectivity index (χ2n) is 4.99. The van der Waals surface area contributed by atoms with Gasteiger partial charge in [-0.15, -0.1) is 0 Å². The minimum Gasteiger partial charge on any atom is -0.0837 e. The fourth-order valence-corrected chi connectivity index (χ4v) is 5.81. The molecule has 0 saturated heterocycles. The molecule has 0 aromatic heterocycles. The molecule has 0 saturated carbocycles. The van der Waals surface area contributed by atoms with Gasteiger partial charge in [-0.1, -0.05) is 73.2 Å². The Hall–Kier alpha value is -0.503. The lowest BCUT2D eigenvalue weighted by Crippen LogP contribution is -2.37. The third-order valence-electron chi connectivity index (χ3n) is 2.70. The zero-order valence-electron chi connectivity index (χ0n) is 9.64. The highest BCUT2D eigenvalue weighted by atomic mass is 35.5. The highest BCUT2D eigenvalue weighted by Crippen LogP contribution is 2.38. The van der Waals surface area contributed by atoms with Gasteiger partial charge >= 0.3 is 0 Å². The molecule has 0 N–H and O–H groups in total. The molecule has 2 aliphatic carbocycles. The number of hydrogen-bond donors (Lipinski definition) is 0. The van der Waals surface area contributed by atoms with E-state index in [1.807, 2.05) is 30.3 Å². The van der Waals surface area contributed by atoms with E-state index in [9.17, 15) is 0 Å². The number of hydrogen-bond acceptors (Lipinski definition) is 0. The van der Waals surface area contributed by atoms with Crippen LogP contribution in [0.4, 0.5) is 0 Å². The Morgan fingerprint density at radius 1 is 0.812 bits per heavy atom. The van der Waals surface area contributed by atoms with Crippen molar-refractivity contribution in [2.24, 2.45) is 0 Å². The number of fused-ring (bicyclic) bond motifs is 1. The Morgan fingerprint density at radius 2 is 1.25 bits per heavy atom. The number of halogens is 2. The van der Waals surface area contributed by atoms with Crippen molar-refractivity contribution in [3.63, 3.8) is 0 Å². The first-order valence-corrected chi connectivity index (χ1v) is 9.54. The Morgan fingerprint density at radius 3 is 1.62 bits per heavy atom. The van der Waals surface area contributed by atoms with Crippen LogP contribution in [-0.2, 0) is 0 Å². The lowest BCUT2D eigenvalue weighted by molar-refractivity contribution is 1.75. The third kappa shape index (κ3) is 1.88. The van der Waals surface area contributed by atoms with Crippen molar-refractivity contribution >= 4 is 36.5 Å². The summed E-state index contributed by atoms with van der Waals surface area (Å²) < 4.78 is 0. The molecular weight excluding hydrogens is 255 g/mol. The van der Waals surface area contributed by atoms with Crippen LogP contribution < -0.4 is 5.19 Å². The van der Waals surface area contributed by atoms with Crippen LogP contribution in [0.1, 0.15) is 0 Å². The minimum absolute atomic E-state index is 0.843. The van der Waals surface area contributed by atoms with Crippen molar-refractivity contribution in [1.82, 2.24) is 0 Å². The maximum Gasteiger partial charge on any atom is 0.0815 e. The lowest BCUT2D eigenvalue weighted by atomic mass is 10.2. The van der Waals surface area contributed by atoms with Crippen molar-refractivity contribution in [1.29, 1.82) is 0 Å². The average Bonchev–Trinajstić information content (AvgIpc) is 2.39. The molecule has 0 aromatic rings. The predicted octanol–water partition coefficient (Wildman–Crippen LogP) is 4.64. The zero-order chi connectivity index (χ0) is 11.9. The predicted molar refractivity (Wildman–Crippen MR) is 76.1 cm³/mol. The summed E-state index contributed by atoms with van der Waals surface area (Å²) in [6, 6.07) is 10.1. The highest BCUT2D eigenvalue weighted by molar-refractivity contribution is 6.92. The molecule has 3 heteroatoms. The van der Waals surface area contributed by atoms with Crippen molar-refractivity contribution in [3.8, 4) is 11.1 Å². The molecule has 0 heterocycles. The van der Waals surface area contributed by atoms with E-state index in [1.54, 1.807) is 0 Å². The molecule has 0 bridgehead atoms. The summed E-state index contributed by atoms with van der Waals surface area (Å²) in [5.41, 5.74) is 2.13. The van der Waals surface area contributed by atoms with Gasteiger partial charge in [0.05, 0.1) is 8.07 Å². The van der Waals surface area contributed by atoms with Gasteiger partial charge in [-0.2, -0.15) is 0 Å². The largest absolute Gasteiger partial charge is 0.0837 e. The van der Waals surface area contributed by atoms with Crippen LogP contribution >= 0.6 is 23.2 Å². The van der Waals surface area contributed by atoms with Gasteiger partial charge in [0.2, 0.25) is 0 Å². The fraction of sp³-hybridized carbons (Fsp3) is 0.231. The smallest absolute Gasteiger partial charge is 0.0815 e. The molecular formula is C13H14Cl2Si. The maximum absolute atomic E-state index is 6.46. The van der Waals surface area contributed by atoms with Gasteiger partial charge < -0.3 is 0 Å². The first-order valence-electron chi connectivity index (χ1n) is 5.29. The summed E-state index contributed by atoms with van der Waals surface area (Å²) in [6.45, 7) is 6.79. The Balaban J connectivity index is 2.83. The summed E-state index contributed by atoms with van der Waals surface area (Å²) in [4.78, 5) is 0. The van der Waals surface area contributed by atoms with Crippen LogP contribution in [-0.4, -0.2) is 8.07 Å². The standard InChI is InChI=1S/C13H14Cl2Si/c1-16(2,3)13-11(14)9-7-5-4-6-8-10(9)12(13)15/h4-8H,1-3H3. The summed E-state index contributed by atoms with van der Waals surface area (Å²) in [5, 5.41) is 2.86. The van der Waals surface area contributed by atoms with Gasteiger partial charge in [0.1, 0.15) is 0 Å². The van der Waals surface area contributed by atoms with Crippen molar-refractivity contribution in [3.05, 3.63) is 40.4 Å². The van der Waals surface area contributed by atoms with E-state index in [-0.39, 0.29) is 0 Å². The SMILES string of the molecule is C[Si](C)(C)c1c(Cl)c2cccccc-2c1Cl. The molecule has 0 aromatic carbocycles. The van der Waals surface area contributed by atoms with E-state index in [1.165, 1.54) is 5.19 Å². The topological polar surface area (TPSA) is 0 Å². The summed E-state index contributed by atoms with van der Waals surface area (Å²) in [7, 11) is -1.50. The summed E-state index contributed by atoms with van der Waals surface area (Å²) in [6.07, 6.45) is 0. The van der Waals surface area contributed by atoms with Crippen molar-refractivity contribution in [2.75, 3.05) is 0 Å². The quantitative estimate of drug-likeness (QED) is 0.661. The normalized spacial score (nSPS) is 12.1. The average molecular weight is 269 g/mol. The van der Waals surface area contributed by atoms with Crippen LogP contribution in [0.3, 0.4) is 0 Å². The molecule has 0 unspecified atom stereocenters. The monoisotopic (exact) mass is 268 g/mol. The lowest BCUT2D eigenvalue weighted by Gasteiger charge is -2.16. The Bertz CT molecular complexity index is 463. The van der Waals surface area contributed by atoms with Crippen LogP contribution in [0.15, 0.2) is 30.3 Å². The molecule has 0 atom stereocenters. The molecule has 16 heavy (non-hydrogen) atoms. The van der Waals surface area contributed by atoms with Crippen LogP contribution in [0.5, 0.6) is 0 Å². The summed E-state index contributed by atoms with van der Waals surface area (Å²) in [5.74, 6) is 0. The van der Waals surface area contributed by atoms with Crippen LogP contribution in [0, 0.1) is 0 Å². The van der Waals surface area contributed by atoms with E-state index in [2.05, 4.69) is 19.6 Å². The van der Waals surface area contributed by atoms with E-state index in [0.717, 1.165) is 21.2 Å². The van der Waals surface area contributed by atoms with Gasteiger partial charge in [0.15, 0.2) is 0 Å². The molecule has 0 amide bonds. The highest BCUT2D eigenvalue weighted by Gasteiger charge is 2.29. The molecule has 0 radical (unpaired) electrons. The zero-order valence-corrected chi connectivity index (χ0v) is 12.2. The molecule has 0 aliphatic heterocycles. The summed E-state index contributed by atoms with van der Waals surface area (Å²) >= 11 is 12.9. The van der Waals surface area contributed by atoms with Crippen molar-refractivity contribution in [2.45, 2.75) is 19.6 Å². The van der Waals surface area contributed by atoms with Gasteiger partial charge in [0, 0.05) is 21.2 Å². The Kier molecular flexibility index (Phi) is 3.04. The van der Waals surface area contributed by atoms with E-state index in [0.29, 0.717) is 0 Å². The molecule has 0 nitrogen and oxygen atoms in total. The van der Waals surface area contributed by atoms with E-state index in [4.69, 9.17) is 23.2 Å². The van der Waals surface area contributed by atoms with Crippen molar-refractivity contribution < 1.29 is 0 Å². The molecule has 0 fully saturated rings. The van der Waals surface area contributed by atoms with E-state index >= 15 is 0 Å². The minimum atomic E-state index is -1.50. The Labute approximate surface area is 108 Å². The van der Waals surface area contributed by atoms with Gasteiger partial charge in [-0.25, -0.2) is 0 Å². The molecule has 2 aliphatic rings. The van der Waals surface area contributed by atoms with E-state index < -0.39 is 8.07 Å². The number of rotatable bonds is 1. The van der Waals surface area contributed by atoms with Gasteiger partial charge in [-0.05, 0) is 5.19 Å². The van der Waals surface area contributed by atoms with Gasteiger partial charge in [0.25, 0.3) is 0 Å².